The fourth-order valence-corrected chi connectivity index (χ4v) is 1.54. The monoisotopic (exact) mass is 299 g/mol. The normalized spacial score (nSPS) is 11.2. The topological polar surface area (TPSA) is 51.5 Å². The van der Waals surface area contributed by atoms with Gasteiger partial charge >= 0.3 is 6.18 Å². The summed E-state index contributed by atoms with van der Waals surface area (Å²) in [5.41, 5.74) is -0.767. The molecule has 0 aliphatic carbocycles. The van der Waals surface area contributed by atoms with Crippen molar-refractivity contribution in [1.29, 1.82) is 0 Å². The Morgan fingerprint density at radius 3 is 2.48 bits per heavy atom. The minimum Gasteiger partial charge on any atom is -0.484 e. The average Bonchev–Trinajstić information content (AvgIpc) is 2.95. The number of furan rings is 1. The maximum absolute atomic E-state index is 12.4. The fraction of sp³-hybridized carbons (Fsp3) is 0.214. The maximum atomic E-state index is 12.4. The standard InChI is InChI=1S/C14H12F3NO3/c15-14(16,17)10-3-5-11(6-4-10)21-9-13(19)18-8-12-2-1-7-20-12/h1-7H,8-9H2,(H,18,19). The van der Waals surface area contributed by atoms with Crippen LogP contribution in [0.5, 0.6) is 5.75 Å². The van der Waals surface area contributed by atoms with Crippen molar-refractivity contribution in [3.63, 3.8) is 0 Å². The van der Waals surface area contributed by atoms with E-state index in [9.17, 15) is 18.0 Å². The third-order valence-electron chi connectivity index (χ3n) is 2.59. The Labute approximate surface area is 118 Å². The second-order valence-corrected chi connectivity index (χ2v) is 4.17. The number of benzene rings is 1. The number of alkyl halides is 3. The first-order valence-corrected chi connectivity index (χ1v) is 6.04. The van der Waals surface area contributed by atoms with Gasteiger partial charge in [0, 0.05) is 0 Å². The molecule has 0 unspecified atom stereocenters. The van der Waals surface area contributed by atoms with Gasteiger partial charge in [0.05, 0.1) is 18.4 Å². The molecule has 0 bridgehead atoms. The average molecular weight is 299 g/mol. The zero-order valence-electron chi connectivity index (χ0n) is 10.8. The van der Waals surface area contributed by atoms with Crippen molar-refractivity contribution in [2.45, 2.75) is 12.7 Å². The van der Waals surface area contributed by atoms with E-state index in [-0.39, 0.29) is 18.9 Å². The summed E-state index contributed by atoms with van der Waals surface area (Å²) in [5, 5.41) is 2.55. The molecule has 0 radical (unpaired) electrons. The minimum absolute atomic E-state index is 0.191. The van der Waals surface area contributed by atoms with Crippen LogP contribution in [-0.4, -0.2) is 12.5 Å². The summed E-state index contributed by atoms with van der Waals surface area (Å²) in [6.45, 7) is -0.0612. The zero-order chi connectivity index (χ0) is 15.3. The predicted molar refractivity (Wildman–Crippen MR) is 67.5 cm³/mol. The molecule has 1 N–H and O–H groups in total. The number of nitrogens with one attached hydrogen (secondary N) is 1. The molecular weight excluding hydrogens is 287 g/mol. The summed E-state index contributed by atoms with van der Waals surface area (Å²) in [6, 6.07) is 7.54. The summed E-state index contributed by atoms with van der Waals surface area (Å²) in [6.07, 6.45) is -2.90. The van der Waals surface area contributed by atoms with Gasteiger partial charge in [-0.3, -0.25) is 4.79 Å². The van der Waals surface area contributed by atoms with Gasteiger partial charge in [-0.1, -0.05) is 0 Å². The summed E-state index contributed by atoms with van der Waals surface area (Å²) in [7, 11) is 0. The molecule has 1 aromatic heterocycles. The maximum Gasteiger partial charge on any atom is 0.416 e. The van der Waals surface area contributed by atoms with Gasteiger partial charge in [-0.2, -0.15) is 13.2 Å². The van der Waals surface area contributed by atoms with Gasteiger partial charge in [-0.25, -0.2) is 0 Å². The van der Waals surface area contributed by atoms with Gasteiger partial charge in [0.2, 0.25) is 0 Å². The molecule has 0 saturated carbocycles. The molecular formula is C14H12F3NO3. The van der Waals surface area contributed by atoms with Crippen molar-refractivity contribution in [1.82, 2.24) is 5.32 Å². The van der Waals surface area contributed by atoms with Crippen LogP contribution in [0, 0.1) is 0 Å². The molecule has 0 saturated heterocycles. The second kappa shape index (κ2) is 6.34. The van der Waals surface area contributed by atoms with E-state index in [2.05, 4.69) is 5.32 Å². The van der Waals surface area contributed by atoms with Crippen LogP contribution in [-0.2, 0) is 17.5 Å². The highest BCUT2D eigenvalue weighted by Gasteiger charge is 2.30. The van der Waals surface area contributed by atoms with E-state index in [0.29, 0.717) is 5.76 Å². The first-order chi connectivity index (χ1) is 9.95. The fourth-order valence-electron chi connectivity index (χ4n) is 1.54. The Balaban J connectivity index is 1.78. The quantitative estimate of drug-likeness (QED) is 0.923. The number of carbonyl (C=O) groups is 1. The van der Waals surface area contributed by atoms with Crippen LogP contribution in [0.25, 0.3) is 0 Å². The molecule has 112 valence electrons. The third-order valence-corrected chi connectivity index (χ3v) is 2.59. The van der Waals surface area contributed by atoms with Crippen LogP contribution in [0.2, 0.25) is 0 Å². The summed E-state index contributed by atoms with van der Waals surface area (Å²) < 4.78 is 47.2. The number of ether oxygens (including phenoxy) is 1. The largest absolute Gasteiger partial charge is 0.484 e. The first kappa shape index (κ1) is 15.0. The summed E-state index contributed by atoms with van der Waals surface area (Å²) >= 11 is 0. The Morgan fingerprint density at radius 2 is 1.90 bits per heavy atom. The molecule has 0 spiro atoms. The Kier molecular flexibility index (Phi) is 4.52. The summed E-state index contributed by atoms with van der Waals surface area (Å²) in [5.74, 6) is 0.389. The number of rotatable bonds is 5. The van der Waals surface area contributed by atoms with Gasteiger partial charge in [0.15, 0.2) is 6.61 Å². The van der Waals surface area contributed by atoms with Crippen molar-refractivity contribution in [3.05, 3.63) is 54.0 Å². The van der Waals surface area contributed by atoms with Crippen molar-refractivity contribution in [2.75, 3.05) is 6.61 Å². The van der Waals surface area contributed by atoms with Gasteiger partial charge in [0.25, 0.3) is 5.91 Å². The molecule has 1 amide bonds. The van der Waals surface area contributed by atoms with Crippen LogP contribution in [0.1, 0.15) is 11.3 Å². The molecule has 21 heavy (non-hydrogen) atoms. The predicted octanol–water partition coefficient (Wildman–Crippen LogP) is 2.99. The lowest BCUT2D eigenvalue weighted by atomic mass is 10.2. The van der Waals surface area contributed by atoms with E-state index in [0.717, 1.165) is 12.1 Å². The number of halogens is 3. The lowest BCUT2D eigenvalue weighted by Gasteiger charge is -2.09. The molecule has 7 heteroatoms. The smallest absolute Gasteiger partial charge is 0.416 e. The molecule has 0 aliphatic rings. The number of carbonyl (C=O) groups excluding carboxylic acids is 1. The zero-order valence-corrected chi connectivity index (χ0v) is 10.8. The number of hydrogen-bond donors (Lipinski definition) is 1. The van der Waals surface area contributed by atoms with Crippen molar-refractivity contribution in [3.8, 4) is 5.75 Å². The van der Waals surface area contributed by atoms with Crippen LogP contribution >= 0.6 is 0 Å². The van der Waals surface area contributed by atoms with E-state index in [1.54, 1.807) is 12.1 Å². The van der Waals surface area contributed by atoms with Gasteiger partial charge in [0.1, 0.15) is 11.5 Å². The molecule has 2 rings (SSSR count). The van der Waals surface area contributed by atoms with E-state index >= 15 is 0 Å². The summed E-state index contributed by atoms with van der Waals surface area (Å²) in [4.78, 5) is 11.5. The highest BCUT2D eigenvalue weighted by molar-refractivity contribution is 5.77. The van der Waals surface area contributed by atoms with E-state index in [1.165, 1.54) is 18.4 Å². The molecule has 0 aliphatic heterocycles. The van der Waals surface area contributed by atoms with Crippen molar-refractivity contribution >= 4 is 5.91 Å². The lowest BCUT2D eigenvalue weighted by Crippen LogP contribution is -2.28. The SMILES string of the molecule is O=C(COc1ccc(C(F)(F)F)cc1)NCc1ccco1. The van der Waals surface area contributed by atoms with E-state index in [4.69, 9.17) is 9.15 Å². The molecule has 2 aromatic rings. The van der Waals surface area contributed by atoms with Crippen LogP contribution in [0.15, 0.2) is 47.1 Å². The molecule has 1 aromatic carbocycles. The highest BCUT2D eigenvalue weighted by atomic mass is 19.4. The number of hydrogen-bond acceptors (Lipinski definition) is 3. The van der Waals surface area contributed by atoms with Crippen molar-refractivity contribution < 1.29 is 27.1 Å². The Hall–Kier alpha value is -2.44. The van der Waals surface area contributed by atoms with Crippen LogP contribution in [0.4, 0.5) is 13.2 Å². The Morgan fingerprint density at radius 1 is 1.19 bits per heavy atom. The third kappa shape index (κ3) is 4.55. The Bertz CT molecular complexity index is 577. The lowest BCUT2D eigenvalue weighted by molar-refractivity contribution is -0.137. The molecule has 4 nitrogen and oxygen atoms in total. The van der Waals surface area contributed by atoms with Crippen molar-refractivity contribution in [2.24, 2.45) is 0 Å². The van der Waals surface area contributed by atoms with E-state index < -0.39 is 17.6 Å². The number of amides is 1. The molecule has 0 fully saturated rings. The van der Waals surface area contributed by atoms with Gasteiger partial charge in [-0.15, -0.1) is 0 Å². The second-order valence-electron chi connectivity index (χ2n) is 4.17. The minimum atomic E-state index is -4.39. The van der Waals surface area contributed by atoms with E-state index in [1.807, 2.05) is 0 Å². The molecule has 1 heterocycles. The highest BCUT2D eigenvalue weighted by Crippen LogP contribution is 2.30. The van der Waals surface area contributed by atoms with Crippen LogP contribution in [0.3, 0.4) is 0 Å². The first-order valence-electron chi connectivity index (χ1n) is 6.04. The van der Waals surface area contributed by atoms with Gasteiger partial charge in [-0.05, 0) is 36.4 Å². The van der Waals surface area contributed by atoms with Gasteiger partial charge < -0.3 is 14.5 Å². The molecule has 0 atom stereocenters. The van der Waals surface area contributed by atoms with Crippen LogP contribution < -0.4 is 10.1 Å².